The van der Waals surface area contributed by atoms with E-state index in [1.165, 1.54) is 0 Å². The lowest BCUT2D eigenvalue weighted by Gasteiger charge is -2.17. The van der Waals surface area contributed by atoms with Crippen LogP contribution in [0.1, 0.15) is 16.1 Å². The van der Waals surface area contributed by atoms with Gasteiger partial charge in [0.2, 0.25) is 0 Å². The fourth-order valence-electron chi connectivity index (χ4n) is 1.83. The van der Waals surface area contributed by atoms with E-state index >= 15 is 0 Å². The van der Waals surface area contributed by atoms with E-state index in [0.717, 1.165) is 11.4 Å². The predicted molar refractivity (Wildman–Crippen MR) is 76.8 cm³/mol. The summed E-state index contributed by atoms with van der Waals surface area (Å²) in [5.41, 5.74) is 1.50. The number of carbonyl (C=O) groups excluding carboxylic acids is 1. The molecular formula is C15H19N3O2. The van der Waals surface area contributed by atoms with Gasteiger partial charge in [-0.3, -0.25) is 9.48 Å². The summed E-state index contributed by atoms with van der Waals surface area (Å²) in [5, 5.41) is 4.09. The number of nitrogens with zero attached hydrogens (tertiary/aromatic N) is 3. The maximum absolute atomic E-state index is 12.2. The van der Waals surface area contributed by atoms with Crippen LogP contribution >= 0.6 is 0 Å². The standard InChI is InChI=1S/C15H19N3O2/c1-12-14(11-16-18(12)3)15(19)17(2)9-10-20-13-7-5-4-6-8-13/h4-8,11H,9-10H2,1-3H3. The molecule has 1 heterocycles. The fourth-order valence-corrected chi connectivity index (χ4v) is 1.83. The predicted octanol–water partition coefficient (Wildman–Crippen LogP) is 1.88. The van der Waals surface area contributed by atoms with Gasteiger partial charge in [-0.2, -0.15) is 5.10 Å². The Bertz CT molecular complexity index is 578. The van der Waals surface area contributed by atoms with Gasteiger partial charge in [0.25, 0.3) is 5.91 Å². The first-order valence-corrected chi connectivity index (χ1v) is 6.51. The van der Waals surface area contributed by atoms with Crippen LogP contribution in [0.5, 0.6) is 5.75 Å². The quantitative estimate of drug-likeness (QED) is 0.835. The first kappa shape index (κ1) is 14.1. The molecule has 0 spiro atoms. The second-order valence-corrected chi connectivity index (χ2v) is 4.66. The monoisotopic (exact) mass is 273 g/mol. The molecule has 0 radical (unpaired) electrons. The average Bonchev–Trinajstić information content (AvgIpc) is 2.79. The molecule has 0 atom stereocenters. The largest absolute Gasteiger partial charge is 0.492 e. The minimum atomic E-state index is -0.0349. The maximum Gasteiger partial charge on any atom is 0.257 e. The van der Waals surface area contributed by atoms with Crippen LogP contribution in [0, 0.1) is 6.92 Å². The number of rotatable bonds is 5. The number of hydrogen-bond donors (Lipinski definition) is 0. The summed E-state index contributed by atoms with van der Waals surface area (Å²) in [5.74, 6) is 0.776. The Morgan fingerprint density at radius 3 is 2.65 bits per heavy atom. The molecule has 20 heavy (non-hydrogen) atoms. The number of aryl methyl sites for hydroxylation is 1. The molecule has 0 aliphatic carbocycles. The molecule has 106 valence electrons. The molecule has 2 aromatic rings. The van der Waals surface area contributed by atoms with Gasteiger partial charge in [0.15, 0.2) is 0 Å². The van der Waals surface area contributed by atoms with Crippen molar-refractivity contribution in [3.63, 3.8) is 0 Å². The lowest BCUT2D eigenvalue weighted by atomic mass is 10.2. The zero-order chi connectivity index (χ0) is 14.5. The van der Waals surface area contributed by atoms with E-state index in [4.69, 9.17) is 4.74 Å². The highest BCUT2D eigenvalue weighted by Gasteiger charge is 2.16. The van der Waals surface area contributed by atoms with E-state index in [1.54, 1.807) is 22.8 Å². The van der Waals surface area contributed by atoms with Crippen molar-refractivity contribution in [3.8, 4) is 5.75 Å². The fraction of sp³-hybridized carbons (Fsp3) is 0.333. The molecule has 5 nitrogen and oxygen atoms in total. The molecule has 0 unspecified atom stereocenters. The first-order valence-electron chi connectivity index (χ1n) is 6.51. The Morgan fingerprint density at radius 1 is 1.35 bits per heavy atom. The van der Waals surface area contributed by atoms with Gasteiger partial charge in [0.1, 0.15) is 12.4 Å². The maximum atomic E-state index is 12.2. The Labute approximate surface area is 118 Å². The Morgan fingerprint density at radius 2 is 2.05 bits per heavy atom. The molecule has 1 aromatic heterocycles. The Kier molecular flexibility index (Phi) is 4.40. The summed E-state index contributed by atoms with van der Waals surface area (Å²) in [7, 11) is 3.59. The third kappa shape index (κ3) is 3.17. The van der Waals surface area contributed by atoms with Gasteiger partial charge in [0, 0.05) is 19.8 Å². The molecule has 5 heteroatoms. The lowest BCUT2D eigenvalue weighted by Crippen LogP contribution is -2.31. The summed E-state index contributed by atoms with van der Waals surface area (Å²) in [6, 6.07) is 9.57. The minimum Gasteiger partial charge on any atom is -0.492 e. The molecule has 0 saturated carbocycles. The van der Waals surface area contributed by atoms with Crippen molar-refractivity contribution in [2.24, 2.45) is 7.05 Å². The number of likely N-dealkylation sites (N-methyl/N-ethyl adjacent to an activating group) is 1. The zero-order valence-electron chi connectivity index (χ0n) is 12.0. The average molecular weight is 273 g/mol. The van der Waals surface area contributed by atoms with Crippen molar-refractivity contribution in [1.82, 2.24) is 14.7 Å². The molecule has 2 rings (SSSR count). The molecular weight excluding hydrogens is 254 g/mol. The summed E-state index contributed by atoms with van der Waals surface area (Å²) in [6.45, 7) is 2.88. The second kappa shape index (κ2) is 6.23. The molecule has 0 fully saturated rings. The summed E-state index contributed by atoms with van der Waals surface area (Å²) < 4.78 is 7.28. The number of hydrogen-bond acceptors (Lipinski definition) is 3. The third-order valence-corrected chi connectivity index (χ3v) is 3.25. The van der Waals surface area contributed by atoms with E-state index in [2.05, 4.69) is 5.10 Å². The highest BCUT2D eigenvalue weighted by atomic mass is 16.5. The summed E-state index contributed by atoms with van der Waals surface area (Å²) >= 11 is 0. The van der Waals surface area contributed by atoms with Crippen LogP contribution in [0.2, 0.25) is 0 Å². The van der Waals surface area contributed by atoms with Gasteiger partial charge in [-0.05, 0) is 19.1 Å². The van der Waals surface area contributed by atoms with E-state index in [-0.39, 0.29) is 5.91 Å². The van der Waals surface area contributed by atoms with Crippen molar-refractivity contribution in [2.75, 3.05) is 20.2 Å². The molecule has 1 aromatic carbocycles. The van der Waals surface area contributed by atoms with Crippen LogP contribution < -0.4 is 4.74 Å². The van der Waals surface area contributed by atoms with Crippen LogP contribution in [0.4, 0.5) is 0 Å². The minimum absolute atomic E-state index is 0.0349. The van der Waals surface area contributed by atoms with Crippen LogP contribution in [-0.4, -0.2) is 40.8 Å². The molecule has 0 bridgehead atoms. The number of para-hydroxylation sites is 1. The molecule has 0 N–H and O–H groups in total. The van der Waals surface area contributed by atoms with Gasteiger partial charge >= 0.3 is 0 Å². The zero-order valence-corrected chi connectivity index (χ0v) is 12.0. The number of carbonyl (C=O) groups is 1. The molecule has 0 aliphatic heterocycles. The van der Waals surface area contributed by atoms with Crippen molar-refractivity contribution in [2.45, 2.75) is 6.92 Å². The van der Waals surface area contributed by atoms with Gasteiger partial charge in [0.05, 0.1) is 18.3 Å². The van der Waals surface area contributed by atoms with Crippen molar-refractivity contribution < 1.29 is 9.53 Å². The lowest BCUT2D eigenvalue weighted by molar-refractivity contribution is 0.0773. The number of amides is 1. The highest BCUT2D eigenvalue weighted by Crippen LogP contribution is 2.10. The van der Waals surface area contributed by atoms with Crippen molar-refractivity contribution in [3.05, 3.63) is 47.8 Å². The Hall–Kier alpha value is -2.30. The smallest absolute Gasteiger partial charge is 0.257 e. The Balaban J connectivity index is 1.87. The highest BCUT2D eigenvalue weighted by molar-refractivity contribution is 5.94. The van der Waals surface area contributed by atoms with E-state index in [9.17, 15) is 4.79 Å². The van der Waals surface area contributed by atoms with Gasteiger partial charge in [-0.15, -0.1) is 0 Å². The normalized spacial score (nSPS) is 10.3. The molecule has 0 aliphatic rings. The third-order valence-electron chi connectivity index (χ3n) is 3.25. The van der Waals surface area contributed by atoms with Gasteiger partial charge in [-0.25, -0.2) is 0 Å². The molecule has 0 saturated heterocycles. The van der Waals surface area contributed by atoms with Crippen molar-refractivity contribution >= 4 is 5.91 Å². The van der Waals surface area contributed by atoms with Gasteiger partial charge in [-0.1, -0.05) is 18.2 Å². The van der Waals surface area contributed by atoms with Crippen LogP contribution in [-0.2, 0) is 7.05 Å². The van der Waals surface area contributed by atoms with E-state index in [0.29, 0.717) is 18.7 Å². The van der Waals surface area contributed by atoms with Gasteiger partial charge < -0.3 is 9.64 Å². The second-order valence-electron chi connectivity index (χ2n) is 4.66. The first-order chi connectivity index (χ1) is 9.59. The number of aromatic nitrogens is 2. The number of benzene rings is 1. The van der Waals surface area contributed by atoms with Crippen LogP contribution in [0.25, 0.3) is 0 Å². The van der Waals surface area contributed by atoms with Crippen molar-refractivity contribution in [1.29, 1.82) is 0 Å². The van der Waals surface area contributed by atoms with Crippen LogP contribution in [0.15, 0.2) is 36.5 Å². The summed E-state index contributed by atoms with van der Waals surface area (Å²) in [4.78, 5) is 13.9. The van der Waals surface area contributed by atoms with Crippen LogP contribution in [0.3, 0.4) is 0 Å². The van der Waals surface area contributed by atoms with E-state index in [1.807, 2.05) is 44.3 Å². The topological polar surface area (TPSA) is 47.4 Å². The van der Waals surface area contributed by atoms with E-state index < -0.39 is 0 Å². The number of ether oxygens (including phenoxy) is 1. The SMILES string of the molecule is Cc1c(C(=O)N(C)CCOc2ccccc2)cnn1C. The summed E-state index contributed by atoms with van der Waals surface area (Å²) in [6.07, 6.45) is 1.60. The molecule has 1 amide bonds.